The molecule has 2 aliphatic carbocycles. The fourth-order valence-electron chi connectivity index (χ4n) is 3.82. The second-order valence-corrected chi connectivity index (χ2v) is 8.54. The molecule has 2 aliphatic rings. The van der Waals surface area contributed by atoms with Gasteiger partial charge in [-0.1, -0.05) is 6.42 Å². The number of fused-ring (bicyclic) bond motifs is 2. The molecule has 2 unspecified atom stereocenters. The number of sulfonamides is 1. The second kappa shape index (κ2) is 9.91. The van der Waals surface area contributed by atoms with E-state index in [2.05, 4.69) is 10.0 Å². The van der Waals surface area contributed by atoms with Gasteiger partial charge in [0.15, 0.2) is 0 Å². The van der Waals surface area contributed by atoms with Gasteiger partial charge in [-0.2, -0.15) is 0 Å². The lowest BCUT2D eigenvalue weighted by Gasteiger charge is -2.45. The van der Waals surface area contributed by atoms with Gasteiger partial charge in [-0.15, -0.1) is 12.4 Å². The van der Waals surface area contributed by atoms with Crippen LogP contribution in [0.4, 0.5) is 0 Å². The van der Waals surface area contributed by atoms with E-state index in [1.807, 2.05) is 0 Å². The maximum absolute atomic E-state index is 12.1. The topological polar surface area (TPSA) is 111 Å². The van der Waals surface area contributed by atoms with E-state index >= 15 is 0 Å². The molecular weight excluding hydrogens is 354 g/mol. The first kappa shape index (κ1) is 21.6. The molecule has 9 heteroatoms. The van der Waals surface area contributed by atoms with E-state index in [1.54, 1.807) is 6.92 Å². The van der Waals surface area contributed by atoms with Gasteiger partial charge in [-0.05, 0) is 44.4 Å². The summed E-state index contributed by atoms with van der Waals surface area (Å²) in [5.74, 6) is 0.465. The van der Waals surface area contributed by atoms with Crippen LogP contribution in [0.5, 0.6) is 0 Å². The molecular formula is C15H30ClN3O4S. The van der Waals surface area contributed by atoms with E-state index in [0.29, 0.717) is 18.4 Å². The number of carbonyl (C=O) groups is 1. The second-order valence-electron chi connectivity index (χ2n) is 6.61. The maximum atomic E-state index is 12.1. The lowest BCUT2D eigenvalue weighted by molar-refractivity contribution is -0.122. The number of halogens is 1. The molecule has 142 valence electrons. The first-order valence-corrected chi connectivity index (χ1v) is 10.2. The van der Waals surface area contributed by atoms with Crippen LogP contribution in [0.15, 0.2) is 0 Å². The van der Waals surface area contributed by atoms with Crippen LogP contribution in [0.3, 0.4) is 0 Å². The molecule has 4 N–H and O–H groups in total. The van der Waals surface area contributed by atoms with Crippen molar-refractivity contribution in [3.8, 4) is 0 Å². The number of ether oxygens (including phenoxy) is 1. The molecule has 0 heterocycles. The maximum Gasteiger partial charge on any atom is 0.235 e. The number of nitrogens with two attached hydrogens (primary N) is 1. The van der Waals surface area contributed by atoms with Crippen LogP contribution >= 0.6 is 12.4 Å². The highest BCUT2D eigenvalue weighted by Gasteiger charge is 2.39. The Bertz CT molecular complexity index is 489. The van der Waals surface area contributed by atoms with Crippen molar-refractivity contribution < 1.29 is 17.9 Å². The summed E-state index contributed by atoms with van der Waals surface area (Å²) >= 11 is 0. The van der Waals surface area contributed by atoms with Crippen molar-refractivity contribution >= 4 is 28.3 Å². The molecule has 0 aromatic heterocycles. The molecule has 2 saturated carbocycles. The third-order valence-electron chi connectivity index (χ3n) is 4.86. The van der Waals surface area contributed by atoms with Gasteiger partial charge in [-0.3, -0.25) is 4.79 Å². The number of carbonyl (C=O) groups excluding carboxylic acids is 1. The van der Waals surface area contributed by atoms with Crippen LogP contribution in [0, 0.1) is 11.8 Å². The minimum absolute atomic E-state index is 0. The third-order valence-corrected chi connectivity index (χ3v) is 6.15. The Morgan fingerprint density at radius 2 is 1.88 bits per heavy atom. The Morgan fingerprint density at radius 1 is 1.25 bits per heavy atom. The summed E-state index contributed by atoms with van der Waals surface area (Å²) < 4.78 is 30.9. The van der Waals surface area contributed by atoms with E-state index < -0.39 is 10.0 Å². The van der Waals surface area contributed by atoms with Gasteiger partial charge < -0.3 is 15.8 Å². The summed E-state index contributed by atoms with van der Waals surface area (Å²) in [6.07, 6.45) is 5.27. The Balaban J connectivity index is 0.00000288. The van der Waals surface area contributed by atoms with Crippen LogP contribution in [-0.4, -0.2) is 51.9 Å². The van der Waals surface area contributed by atoms with Gasteiger partial charge in [-0.25, -0.2) is 13.1 Å². The molecule has 0 aliphatic heterocycles. The van der Waals surface area contributed by atoms with Gasteiger partial charge in [0.2, 0.25) is 15.9 Å². The highest BCUT2D eigenvalue weighted by atomic mass is 35.5. The van der Waals surface area contributed by atoms with Crippen LogP contribution < -0.4 is 15.8 Å². The van der Waals surface area contributed by atoms with E-state index in [9.17, 15) is 13.2 Å². The van der Waals surface area contributed by atoms with Crippen LogP contribution in [0.2, 0.25) is 0 Å². The van der Waals surface area contributed by atoms with Gasteiger partial charge >= 0.3 is 0 Å². The van der Waals surface area contributed by atoms with E-state index in [-0.39, 0.29) is 49.3 Å². The summed E-state index contributed by atoms with van der Waals surface area (Å²) in [6.45, 7) is 2.21. The molecule has 0 spiro atoms. The average Bonchev–Trinajstić information content (AvgIpc) is 2.46. The standard InChI is InChI=1S/C15H29N3O4S.ClH/c1-2-22-6-7-23(20,21)17-10-14(19)18-15-11-4-3-5-12(15)9-13(16)8-11;/h11-13,15,17H,2-10,16H2,1H3,(H,18,19);1H. The minimum Gasteiger partial charge on any atom is -0.381 e. The van der Waals surface area contributed by atoms with Crippen molar-refractivity contribution in [2.24, 2.45) is 17.6 Å². The molecule has 1 amide bonds. The third kappa shape index (κ3) is 6.48. The Hall–Kier alpha value is -0.410. The van der Waals surface area contributed by atoms with Crippen LogP contribution in [0.1, 0.15) is 39.0 Å². The number of hydrogen-bond acceptors (Lipinski definition) is 5. The lowest BCUT2D eigenvalue weighted by Crippen LogP contribution is -2.55. The molecule has 2 bridgehead atoms. The van der Waals surface area contributed by atoms with Crippen LogP contribution in [-0.2, 0) is 19.6 Å². The molecule has 0 aromatic carbocycles. The van der Waals surface area contributed by atoms with Crippen molar-refractivity contribution in [3.63, 3.8) is 0 Å². The Kier molecular flexibility index (Phi) is 8.94. The van der Waals surface area contributed by atoms with Crippen molar-refractivity contribution in [2.75, 3.05) is 25.5 Å². The number of rotatable bonds is 8. The molecule has 2 fully saturated rings. The largest absolute Gasteiger partial charge is 0.381 e. The number of amides is 1. The summed E-state index contributed by atoms with van der Waals surface area (Å²) in [5, 5.41) is 3.03. The molecule has 0 aromatic rings. The highest BCUT2D eigenvalue weighted by Crippen LogP contribution is 2.39. The van der Waals surface area contributed by atoms with Gasteiger partial charge in [0.05, 0.1) is 18.9 Å². The first-order valence-electron chi connectivity index (χ1n) is 8.51. The van der Waals surface area contributed by atoms with Crippen molar-refractivity contribution in [2.45, 2.75) is 51.1 Å². The van der Waals surface area contributed by atoms with Gasteiger partial charge in [0.25, 0.3) is 0 Å². The molecule has 7 nitrogen and oxygen atoms in total. The number of nitrogens with one attached hydrogen (secondary N) is 2. The lowest BCUT2D eigenvalue weighted by atomic mass is 9.67. The number of hydrogen-bond donors (Lipinski definition) is 3. The smallest absolute Gasteiger partial charge is 0.235 e. The zero-order valence-corrected chi connectivity index (χ0v) is 15.8. The Morgan fingerprint density at radius 3 is 2.46 bits per heavy atom. The predicted octanol–water partition coefficient (Wildman–Crippen LogP) is 0.386. The van der Waals surface area contributed by atoms with Gasteiger partial charge in [0, 0.05) is 18.7 Å². The van der Waals surface area contributed by atoms with Crippen molar-refractivity contribution in [3.05, 3.63) is 0 Å². The van der Waals surface area contributed by atoms with E-state index in [1.165, 1.54) is 6.42 Å². The van der Waals surface area contributed by atoms with Crippen molar-refractivity contribution in [1.82, 2.24) is 10.0 Å². The van der Waals surface area contributed by atoms with Crippen LogP contribution in [0.25, 0.3) is 0 Å². The fraction of sp³-hybridized carbons (Fsp3) is 0.933. The van der Waals surface area contributed by atoms with Gasteiger partial charge in [0.1, 0.15) is 0 Å². The molecule has 2 rings (SSSR count). The SMILES string of the molecule is CCOCCS(=O)(=O)NCC(=O)NC1C2CCCC1CC(N)C2.Cl. The summed E-state index contributed by atoms with van der Waals surface area (Å²) in [4.78, 5) is 12.1. The summed E-state index contributed by atoms with van der Waals surface area (Å²) in [5.41, 5.74) is 6.08. The monoisotopic (exact) mass is 383 g/mol. The average molecular weight is 384 g/mol. The Labute approximate surface area is 150 Å². The highest BCUT2D eigenvalue weighted by molar-refractivity contribution is 7.89. The predicted molar refractivity (Wildman–Crippen MR) is 95.5 cm³/mol. The molecule has 0 saturated heterocycles. The van der Waals surface area contributed by atoms with Crippen molar-refractivity contribution in [1.29, 1.82) is 0 Å². The zero-order chi connectivity index (χ0) is 16.9. The van der Waals surface area contributed by atoms with E-state index in [4.69, 9.17) is 10.5 Å². The van der Waals surface area contributed by atoms with E-state index in [0.717, 1.165) is 25.7 Å². The quantitative estimate of drug-likeness (QED) is 0.525. The zero-order valence-electron chi connectivity index (χ0n) is 14.2. The molecule has 0 radical (unpaired) electrons. The fourth-order valence-corrected chi connectivity index (χ4v) is 4.66. The summed E-state index contributed by atoms with van der Waals surface area (Å²) in [6, 6.07) is 0.375. The minimum atomic E-state index is -3.47. The molecule has 24 heavy (non-hydrogen) atoms. The first-order chi connectivity index (χ1) is 10.9. The summed E-state index contributed by atoms with van der Waals surface area (Å²) in [7, 11) is -3.47. The normalized spacial score (nSPS) is 29.6. The molecule has 2 atom stereocenters.